The minimum Gasteiger partial charge on any atom is -0.322 e. The average Bonchev–Trinajstić information content (AvgIpc) is 2.83. The fourth-order valence-electron chi connectivity index (χ4n) is 2.93. The molecule has 0 saturated heterocycles. The Morgan fingerprint density at radius 1 is 1.24 bits per heavy atom. The van der Waals surface area contributed by atoms with Gasteiger partial charge in [0.2, 0.25) is 0 Å². The molecule has 1 atom stereocenters. The van der Waals surface area contributed by atoms with Gasteiger partial charge in [-0.3, -0.25) is 0 Å². The van der Waals surface area contributed by atoms with E-state index in [0.29, 0.717) is 5.92 Å². The number of fused-ring (bicyclic) bond motifs is 1. The molecule has 2 aromatic heterocycles. The standard InChI is InChI=1S/C14H19N3/c15-14(11-6-2-1-3-7-11)12-10-16-13-8-4-5-9-17(12)13/h4-5,8-11,14H,1-3,6-7,15H2. The number of nitrogens with two attached hydrogens (primary N) is 1. The monoisotopic (exact) mass is 229 g/mol. The zero-order chi connectivity index (χ0) is 11.7. The van der Waals surface area contributed by atoms with Crippen LogP contribution in [0.1, 0.15) is 43.8 Å². The summed E-state index contributed by atoms with van der Waals surface area (Å²) in [7, 11) is 0. The van der Waals surface area contributed by atoms with Gasteiger partial charge in [0.25, 0.3) is 0 Å². The molecule has 17 heavy (non-hydrogen) atoms. The Morgan fingerprint density at radius 2 is 2.06 bits per heavy atom. The molecule has 0 bridgehead atoms. The lowest BCUT2D eigenvalue weighted by atomic mass is 9.83. The molecular weight excluding hydrogens is 210 g/mol. The van der Waals surface area contributed by atoms with Crippen LogP contribution in [-0.4, -0.2) is 9.38 Å². The molecule has 1 aliphatic carbocycles. The van der Waals surface area contributed by atoms with Gasteiger partial charge in [0.05, 0.1) is 11.9 Å². The van der Waals surface area contributed by atoms with E-state index in [9.17, 15) is 0 Å². The van der Waals surface area contributed by atoms with E-state index < -0.39 is 0 Å². The van der Waals surface area contributed by atoms with Crippen molar-refractivity contribution in [3.8, 4) is 0 Å². The molecule has 1 saturated carbocycles. The van der Waals surface area contributed by atoms with Gasteiger partial charge >= 0.3 is 0 Å². The van der Waals surface area contributed by atoms with Crippen LogP contribution in [0.4, 0.5) is 0 Å². The molecule has 1 unspecified atom stereocenters. The minimum atomic E-state index is 0.132. The van der Waals surface area contributed by atoms with Gasteiger partial charge in [0.15, 0.2) is 0 Å². The maximum atomic E-state index is 6.42. The third kappa shape index (κ3) is 1.95. The maximum Gasteiger partial charge on any atom is 0.136 e. The van der Waals surface area contributed by atoms with Gasteiger partial charge in [-0.15, -0.1) is 0 Å². The van der Waals surface area contributed by atoms with Crippen LogP contribution in [-0.2, 0) is 0 Å². The summed E-state index contributed by atoms with van der Waals surface area (Å²) >= 11 is 0. The molecule has 90 valence electrons. The molecule has 0 aromatic carbocycles. The Hall–Kier alpha value is -1.35. The van der Waals surface area contributed by atoms with Crippen LogP contribution in [0, 0.1) is 5.92 Å². The normalized spacial score (nSPS) is 19.6. The quantitative estimate of drug-likeness (QED) is 0.860. The Bertz CT molecular complexity index is 497. The largest absolute Gasteiger partial charge is 0.322 e. The summed E-state index contributed by atoms with van der Waals surface area (Å²) in [6.07, 6.45) is 10.6. The average molecular weight is 229 g/mol. The highest BCUT2D eigenvalue weighted by Crippen LogP contribution is 2.32. The fourth-order valence-corrected chi connectivity index (χ4v) is 2.93. The van der Waals surface area contributed by atoms with Crippen LogP contribution in [0.5, 0.6) is 0 Å². The van der Waals surface area contributed by atoms with Crippen molar-refractivity contribution in [2.24, 2.45) is 11.7 Å². The van der Waals surface area contributed by atoms with Crippen molar-refractivity contribution in [3.63, 3.8) is 0 Å². The predicted molar refractivity (Wildman–Crippen MR) is 68.7 cm³/mol. The summed E-state index contributed by atoms with van der Waals surface area (Å²) in [6.45, 7) is 0. The SMILES string of the molecule is NC(c1cnc2ccccn12)C1CCCCC1. The van der Waals surface area contributed by atoms with Crippen LogP contribution in [0.25, 0.3) is 5.65 Å². The van der Waals surface area contributed by atoms with Gasteiger partial charge in [0, 0.05) is 12.2 Å². The van der Waals surface area contributed by atoms with E-state index in [1.54, 1.807) is 0 Å². The van der Waals surface area contributed by atoms with Crippen molar-refractivity contribution in [3.05, 3.63) is 36.3 Å². The Kier molecular flexibility index (Phi) is 2.85. The van der Waals surface area contributed by atoms with Crippen molar-refractivity contribution in [2.75, 3.05) is 0 Å². The number of hydrogen-bond donors (Lipinski definition) is 1. The highest BCUT2D eigenvalue weighted by Gasteiger charge is 2.23. The van der Waals surface area contributed by atoms with Crippen LogP contribution < -0.4 is 5.73 Å². The molecule has 0 spiro atoms. The summed E-state index contributed by atoms with van der Waals surface area (Å²) in [5.41, 5.74) is 8.57. The zero-order valence-corrected chi connectivity index (χ0v) is 10.0. The van der Waals surface area contributed by atoms with Gasteiger partial charge in [-0.25, -0.2) is 4.98 Å². The van der Waals surface area contributed by atoms with Gasteiger partial charge in [0.1, 0.15) is 5.65 Å². The molecule has 0 aliphatic heterocycles. The van der Waals surface area contributed by atoms with E-state index in [0.717, 1.165) is 11.3 Å². The van der Waals surface area contributed by atoms with E-state index >= 15 is 0 Å². The van der Waals surface area contributed by atoms with Crippen LogP contribution >= 0.6 is 0 Å². The molecule has 1 aliphatic rings. The molecule has 0 radical (unpaired) electrons. The third-order valence-corrected chi connectivity index (χ3v) is 3.94. The number of hydrogen-bond acceptors (Lipinski definition) is 2. The van der Waals surface area contributed by atoms with Gasteiger partial charge in [-0.1, -0.05) is 25.3 Å². The molecule has 0 amide bonds. The summed E-state index contributed by atoms with van der Waals surface area (Å²) < 4.78 is 2.12. The van der Waals surface area contributed by atoms with Crippen molar-refractivity contribution >= 4 is 5.65 Å². The van der Waals surface area contributed by atoms with Gasteiger partial charge in [-0.05, 0) is 30.9 Å². The Labute approximate surface area is 102 Å². The molecule has 2 N–H and O–H groups in total. The molecular formula is C14H19N3. The van der Waals surface area contributed by atoms with Gasteiger partial charge < -0.3 is 10.1 Å². The smallest absolute Gasteiger partial charge is 0.136 e. The predicted octanol–water partition coefficient (Wildman–Crippen LogP) is 2.91. The first-order chi connectivity index (χ1) is 8.36. The van der Waals surface area contributed by atoms with Crippen LogP contribution in [0.2, 0.25) is 0 Å². The molecule has 3 nitrogen and oxygen atoms in total. The molecule has 3 heteroatoms. The highest BCUT2D eigenvalue weighted by atomic mass is 15.0. The van der Waals surface area contributed by atoms with Crippen LogP contribution in [0.15, 0.2) is 30.6 Å². The summed E-state index contributed by atoms with van der Waals surface area (Å²) in [6, 6.07) is 6.20. The van der Waals surface area contributed by atoms with E-state index in [1.807, 2.05) is 24.4 Å². The zero-order valence-electron chi connectivity index (χ0n) is 10.0. The highest BCUT2D eigenvalue weighted by molar-refractivity contribution is 5.40. The van der Waals surface area contributed by atoms with E-state index in [2.05, 4.69) is 15.6 Å². The first-order valence-electron chi connectivity index (χ1n) is 6.54. The summed E-state index contributed by atoms with van der Waals surface area (Å²) in [5, 5.41) is 0. The summed E-state index contributed by atoms with van der Waals surface area (Å²) in [5.74, 6) is 0.629. The Balaban J connectivity index is 1.92. The third-order valence-electron chi connectivity index (χ3n) is 3.94. The van der Waals surface area contributed by atoms with E-state index in [1.165, 1.54) is 32.1 Å². The number of imidazole rings is 1. The number of aromatic nitrogens is 2. The lowest BCUT2D eigenvalue weighted by Gasteiger charge is -2.27. The molecule has 2 heterocycles. The number of nitrogens with zero attached hydrogens (tertiary/aromatic N) is 2. The van der Waals surface area contributed by atoms with Crippen molar-refractivity contribution < 1.29 is 0 Å². The Morgan fingerprint density at radius 3 is 2.88 bits per heavy atom. The van der Waals surface area contributed by atoms with E-state index in [4.69, 9.17) is 5.73 Å². The lowest BCUT2D eigenvalue weighted by Crippen LogP contribution is -2.24. The van der Waals surface area contributed by atoms with Crippen LogP contribution in [0.3, 0.4) is 0 Å². The summed E-state index contributed by atoms with van der Waals surface area (Å²) in [4.78, 5) is 4.42. The second-order valence-corrected chi connectivity index (χ2v) is 5.04. The maximum absolute atomic E-state index is 6.42. The molecule has 1 fully saturated rings. The minimum absolute atomic E-state index is 0.132. The number of rotatable bonds is 2. The van der Waals surface area contributed by atoms with Crippen molar-refractivity contribution in [1.29, 1.82) is 0 Å². The molecule has 2 aromatic rings. The van der Waals surface area contributed by atoms with Crippen molar-refractivity contribution in [2.45, 2.75) is 38.1 Å². The second-order valence-electron chi connectivity index (χ2n) is 5.04. The lowest BCUT2D eigenvalue weighted by molar-refractivity contribution is 0.304. The topological polar surface area (TPSA) is 43.3 Å². The second kappa shape index (κ2) is 4.49. The molecule has 3 rings (SSSR count). The van der Waals surface area contributed by atoms with E-state index in [-0.39, 0.29) is 6.04 Å². The van der Waals surface area contributed by atoms with Crippen molar-refractivity contribution in [1.82, 2.24) is 9.38 Å². The van der Waals surface area contributed by atoms with Gasteiger partial charge in [-0.2, -0.15) is 0 Å². The first kappa shape index (κ1) is 10.8. The fraction of sp³-hybridized carbons (Fsp3) is 0.500. The number of pyridine rings is 1. The first-order valence-corrected chi connectivity index (χ1v) is 6.54.